The summed E-state index contributed by atoms with van der Waals surface area (Å²) in [6.07, 6.45) is 1.05. The number of phenols is 1. The number of hydrogen-bond donors (Lipinski definition) is 4. The first-order valence-corrected chi connectivity index (χ1v) is 16.0. The van der Waals surface area contributed by atoms with Crippen molar-refractivity contribution in [2.45, 2.75) is 31.7 Å². The lowest BCUT2D eigenvalue weighted by Crippen LogP contribution is -2.76. The average Bonchev–Trinajstić information content (AvgIpc) is 3.44. The van der Waals surface area contributed by atoms with E-state index < -0.39 is 24.3 Å². The molecule has 13 heteroatoms. The van der Waals surface area contributed by atoms with Gasteiger partial charge in [0.05, 0.1) is 13.1 Å². The third kappa shape index (κ3) is 6.76. The van der Waals surface area contributed by atoms with Gasteiger partial charge in [0.2, 0.25) is 11.8 Å². The van der Waals surface area contributed by atoms with Crippen LogP contribution < -0.4 is 16.4 Å². The highest BCUT2D eigenvalue weighted by molar-refractivity contribution is 7.17. The molecule has 2 atom stereocenters. The lowest BCUT2D eigenvalue weighted by Gasteiger charge is -2.55. The Kier molecular flexibility index (Phi) is 9.09. The van der Waals surface area contributed by atoms with Crippen molar-refractivity contribution in [3.05, 3.63) is 108 Å². The van der Waals surface area contributed by atoms with Gasteiger partial charge in [-0.05, 0) is 51.7 Å². The van der Waals surface area contributed by atoms with Gasteiger partial charge >= 0.3 is 12.1 Å². The molecule has 0 unspecified atom stereocenters. The number of phenolic OH excluding ortho intramolecular Hbond substituents is 1. The zero-order valence-electron chi connectivity index (χ0n) is 25.5. The van der Waals surface area contributed by atoms with E-state index in [9.17, 15) is 24.3 Å². The summed E-state index contributed by atoms with van der Waals surface area (Å²) in [6, 6.07) is 19.6. The number of urea groups is 2. The summed E-state index contributed by atoms with van der Waals surface area (Å²) >= 11 is 1.48. The van der Waals surface area contributed by atoms with Gasteiger partial charge in [0.1, 0.15) is 18.0 Å². The fraction of sp³-hybridized carbons (Fsp3) is 0.235. The van der Waals surface area contributed by atoms with Crippen LogP contribution in [0.15, 0.2) is 90.8 Å². The summed E-state index contributed by atoms with van der Waals surface area (Å²) in [4.78, 5) is 56.7. The van der Waals surface area contributed by atoms with Crippen LogP contribution in [0.25, 0.3) is 10.1 Å². The highest BCUT2D eigenvalue weighted by Gasteiger charge is 2.51. The summed E-state index contributed by atoms with van der Waals surface area (Å²) in [6.45, 7) is 4.60. The van der Waals surface area contributed by atoms with E-state index in [1.54, 1.807) is 56.2 Å². The fourth-order valence-corrected chi connectivity index (χ4v) is 7.18. The first-order chi connectivity index (χ1) is 22.7. The second-order valence-corrected chi connectivity index (χ2v) is 12.4. The minimum atomic E-state index is -0.891. The number of carbonyl (C=O) groups excluding carboxylic acids is 4. The van der Waals surface area contributed by atoms with Gasteiger partial charge < -0.3 is 31.3 Å². The Morgan fingerprint density at radius 1 is 1.04 bits per heavy atom. The van der Waals surface area contributed by atoms with Crippen molar-refractivity contribution in [1.29, 1.82) is 0 Å². The lowest BCUT2D eigenvalue weighted by atomic mass is 9.98. The largest absolute Gasteiger partial charge is 0.508 e. The molecule has 2 aliphatic heterocycles. The van der Waals surface area contributed by atoms with E-state index in [0.717, 1.165) is 26.8 Å². The van der Waals surface area contributed by atoms with E-state index in [2.05, 4.69) is 17.2 Å². The smallest absolute Gasteiger partial charge is 0.334 e. The normalized spacial score (nSPS) is 18.3. The molecule has 2 fully saturated rings. The standard InChI is InChI=1S/C34H35N7O5S/c1-2-14-39-20-31(43)40-28(15-22-8-11-26(42)12-9-22)32(44)38(18-24-21-47-29-16-25(37-33(35)45)10-13-27(24)29)19-30(40)41(39)34(46)36-17-23-6-4-3-5-7-23/h2-13,16,21,28,30,42H,1,14-15,17-20H2,(H,36,46)(H3,35,37,45)/t28-,30-/m0/s1. The van der Waals surface area contributed by atoms with Gasteiger partial charge in [0.15, 0.2) is 0 Å². The van der Waals surface area contributed by atoms with E-state index in [-0.39, 0.29) is 56.7 Å². The molecule has 47 heavy (non-hydrogen) atoms. The topological polar surface area (TPSA) is 152 Å². The van der Waals surface area contributed by atoms with Gasteiger partial charge in [0.25, 0.3) is 0 Å². The molecule has 12 nitrogen and oxygen atoms in total. The number of carbonyl (C=O) groups is 4. The van der Waals surface area contributed by atoms with Gasteiger partial charge in [-0.15, -0.1) is 17.9 Å². The van der Waals surface area contributed by atoms with E-state index in [0.29, 0.717) is 5.69 Å². The second-order valence-electron chi connectivity index (χ2n) is 11.5. The van der Waals surface area contributed by atoms with Gasteiger partial charge in [0, 0.05) is 36.4 Å². The Bertz CT molecular complexity index is 1810. The SMILES string of the molecule is C=CCN1CC(=O)N2[C@@H](Cc3ccc(O)cc3)C(=O)N(Cc3csc4cc(NC(N)=O)ccc34)C[C@@H]2N1C(=O)NCc1ccccc1. The van der Waals surface area contributed by atoms with Crippen LogP contribution in [0.4, 0.5) is 15.3 Å². The minimum absolute atomic E-state index is 0.0850. The molecular formula is C34H35N7O5S. The number of benzene rings is 3. The summed E-state index contributed by atoms with van der Waals surface area (Å²) < 4.78 is 0.907. The number of hydrogen-bond acceptors (Lipinski definition) is 7. The number of nitrogens with zero attached hydrogens (tertiary/aromatic N) is 4. The molecule has 5 N–H and O–H groups in total. The van der Waals surface area contributed by atoms with Gasteiger partial charge in [-0.3, -0.25) is 9.59 Å². The Hall–Kier alpha value is -5.40. The van der Waals surface area contributed by atoms with E-state index >= 15 is 0 Å². The summed E-state index contributed by atoms with van der Waals surface area (Å²) in [7, 11) is 0. The van der Waals surface area contributed by atoms with Crippen LogP contribution in [0.5, 0.6) is 5.75 Å². The van der Waals surface area contributed by atoms with Crippen molar-refractivity contribution >= 4 is 51.0 Å². The maximum atomic E-state index is 14.3. The quantitative estimate of drug-likeness (QED) is 0.202. The number of nitrogens with one attached hydrogen (secondary N) is 2. The molecule has 0 saturated carbocycles. The maximum Gasteiger partial charge on any atom is 0.334 e. The van der Waals surface area contributed by atoms with Crippen LogP contribution in [0.2, 0.25) is 0 Å². The van der Waals surface area contributed by atoms with Crippen LogP contribution in [-0.2, 0) is 29.1 Å². The van der Waals surface area contributed by atoms with Gasteiger partial charge in [-0.2, -0.15) is 0 Å². The van der Waals surface area contributed by atoms with Crippen LogP contribution in [0, 0.1) is 0 Å². The lowest BCUT2D eigenvalue weighted by molar-refractivity contribution is -0.189. The van der Waals surface area contributed by atoms with Crippen molar-refractivity contribution in [3.63, 3.8) is 0 Å². The predicted octanol–water partition coefficient (Wildman–Crippen LogP) is 3.83. The Balaban J connectivity index is 1.35. The molecular weight excluding hydrogens is 618 g/mol. The first-order valence-electron chi connectivity index (χ1n) is 15.1. The number of hydrazine groups is 1. The molecule has 6 amide bonds. The molecule has 2 aliphatic rings. The fourth-order valence-electron chi connectivity index (χ4n) is 6.18. The summed E-state index contributed by atoms with van der Waals surface area (Å²) in [5, 5.41) is 21.5. The zero-order valence-corrected chi connectivity index (χ0v) is 26.4. The van der Waals surface area contributed by atoms with Crippen molar-refractivity contribution < 1.29 is 24.3 Å². The third-order valence-corrected chi connectivity index (χ3v) is 9.31. The van der Waals surface area contributed by atoms with E-state index in [1.807, 2.05) is 47.8 Å². The van der Waals surface area contributed by atoms with Gasteiger partial charge in [-0.1, -0.05) is 54.6 Å². The predicted molar refractivity (Wildman–Crippen MR) is 179 cm³/mol. The average molecular weight is 654 g/mol. The molecule has 0 radical (unpaired) electrons. The number of piperazine rings is 1. The maximum absolute atomic E-state index is 14.3. The Morgan fingerprint density at radius 2 is 1.81 bits per heavy atom. The molecule has 242 valence electrons. The Labute approximate surface area is 275 Å². The number of nitrogens with two attached hydrogens (primary N) is 1. The zero-order chi connectivity index (χ0) is 33.1. The molecule has 2 saturated heterocycles. The first kappa shape index (κ1) is 31.6. The molecule has 6 rings (SSSR count). The van der Waals surface area contributed by atoms with Crippen molar-refractivity contribution in [2.75, 3.05) is 25.0 Å². The molecule has 4 aromatic rings. The molecule has 0 spiro atoms. The number of anilines is 1. The number of amides is 6. The summed E-state index contributed by atoms with van der Waals surface area (Å²) in [5.41, 5.74) is 8.43. The Morgan fingerprint density at radius 3 is 2.53 bits per heavy atom. The summed E-state index contributed by atoms with van der Waals surface area (Å²) in [5.74, 6) is -0.413. The van der Waals surface area contributed by atoms with Crippen molar-refractivity contribution in [3.8, 4) is 5.75 Å². The molecule has 3 heterocycles. The van der Waals surface area contributed by atoms with Crippen LogP contribution in [0.3, 0.4) is 0 Å². The van der Waals surface area contributed by atoms with Crippen LogP contribution >= 0.6 is 11.3 Å². The number of aromatic hydroxyl groups is 1. The number of rotatable bonds is 9. The van der Waals surface area contributed by atoms with Crippen LogP contribution in [0.1, 0.15) is 16.7 Å². The molecule has 0 aliphatic carbocycles. The number of thiophene rings is 1. The monoisotopic (exact) mass is 653 g/mol. The third-order valence-electron chi connectivity index (χ3n) is 8.31. The molecule has 1 aromatic heterocycles. The van der Waals surface area contributed by atoms with E-state index in [1.165, 1.54) is 11.3 Å². The highest BCUT2D eigenvalue weighted by Crippen LogP contribution is 2.33. The van der Waals surface area contributed by atoms with Crippen molar-refractivity contribution in [1.82, 2.24) is 25.1 Å². The molecule has 0 bridgehead atoms. The van der Waals surface area contributed by atoms with Crippen molar-refractivity contribution in [2.24, 2.45) is 5.73 Å². The van der Waals surface area contributed by atoms with Gasteiger partial charge in [-0.25, -0.2) is 19.6 Å². The number of primary amides is 1. The number of fused-ring (bicyclic) bond motifs is 2. The van der Waals surface area contributed by atoms with Crippen LogP contribution in [-0.4, -0.2) is 80.6 Å². The highest BCUT2D eigenvalue weighted by atomic mass is 32.1. The molecule has 3 aromatic carbocycles. The van der Waals surface area contributed by atoms with E-state index in [4.69, 9.17) is 5.73 Å². The minimum Gasteiger partial charge on any atom is -0.508 e. The second kappa shape index (κ2) is 13.5.